The molecule has 0 atom stereocenters. The van der Waals surface area contributed by atoms with Crippen LogP contribution in [0.2, 0.25) is 0 Å². The quantitative estimate of drug-likeness (QED) is 0.101. The molecule has 7 rings (SSSR count). The molecule has 2 aromatic heterocycles. The molecule has 3 N–H and O–H groups in total. The highest BCUT2D eigenvalue weighted by atomic mass is 35.5. The van der Waals surface area contributed by atoms with E-state index in [0.29, 0.717) is 16.8 Å². The fraction of sp³-hybridized carbons (Fsp3) is 0.360. The summed E-state index contributed by atoms with van der Waals surface area (Å²) in [5.74, 6) is 1.44. The Morgan fingerprint density at radius 3 is 1.40 bits per heavy atom. The maximum absolute atomic E-state index is 11.2. The van der Waals surface area contributed by atoms with Gasteiger partial charge in [0.25, 0.3) is 0 Å². The van der Waals surface area contributed by atoms with Crippen molar-refractivity contribution in [2.45, 2.75) is 74.4 Å². The Morgan fingerprint density at radius 2 is 1.11 bits per heavy atom. The molecular weight excluding hydrogens is 814 g/mol. The molecule has 63 heavy (non-hydrogen) atoms. The normalized spacial score (nSPS) is 11.3. The summed E-state index contributed by atoms with van der Waals surface area (Å²) < 4.78 is 19.8. The number of hydrogen-bond donors (Lipinski definition) is 2. The maximum Gasteiger partial charge on any atom is 0.221 e. The second-order valence-electron chi connectivity index (χ2n) is 14.2. The van der Waals surface area contributed by atoms with Crippen molar-refractivity contribution in [1.29, 1.82) is 10.5 Å². The molecular formula is C50H62ClN7O5. The van der Waals surface area contributed by atoms with Crippen LogP contribution < -0.4 is 20.5 Å². The van der Waals surface area contributed by atoms with Crippen LogP contribution in [-0.2, 0) is 27.4 Å². The van der Waals surface area contributed by atoms with Crippen molar-refractivity contribution in [3.63, 3.8) is 0 Å². The molecule has 1 aliphatic heterocycles. The van der Waals surface area contributed by atoms with Gasteiger partial charge < -0.3 is 39.3 Å². The monoisotopic (exact) mass is 875 g/mol. The van der Waals surface area contributed by atoms with Gasteiger partial charge in [0.15, 0.2) is 0 Å². The lowest BCUT2D eigenvalue weighted by molar-refractivity contribution is -0.114. The van der Waals surface area contributed by atoms with Gasteiger partial charge in [0, 0.05) is 74.4 Å². The average Bonchev–Trinajstić information content (AvgIpc) is 4.05. The number of nitrogens with zero attached hydrogens (tertiary/aromatic N) is 5. The third-order valence-corrected chi connectivity index (χ3v) is 10.2. The lowest BCUT2D eigenvalue weighted by Crippen LogP contribution is -2.21. The molecule has 0 radical (unpaired) electrons. The van der Waals surface area contributed by atoms with Gasteiger partial charge in [-0.1, -0.05) is 45.0 Å². The third-order valence-electron chi connectivity index (χ3n) is 10.2. The third kappa shape index (κ3) is 14.1. The standard InChI is InChI=1S/C20H19N3O2.C18H17N3O.C6H15N.C4H8O.C2H3ClO/c1-4-23-19-11-16(25-3)9-10-17(19)18(12-21)20(23)14-5-7-15(8-6-14)22-13(2)24;1-3-21-17-10-14(22-2)8-9-15(17)16(11-19)18(21)12-4-6-13(20)7-5-12;1-4-7(5-2)6-3;1-2-4-5-3-1;1-2(3)4/h5-11H,4H2,1-3H3,(H,22,24);4-10H,3,20H2,1-2H3;4-6H2,1-3H3;1-4H2;1H3. The lowest BCUT2D eigenvalue weighted by Gasteiger charge is -2.13. The van der Waals surface area contributed by atoms with Crippen molar-refractivity contribution in [3.05, 3.63) is 96.1 Å². The number of anilines is 2. The van der Waals surface area contributed by atoms with E-state index in [9.17, 15) is 20.1 Å². The number of hydrogen-bond acceptors (Lipinski definition) is 9. The first-order valence-electron chi connectivity index (χ1n) is 21.3. The first-order valence-corrected chi connectivity index (χ1v) is 21.6. The molecule has 0 aliphatic carbocycles. The summed E-state index contributed by atoms with van der Waals surface area (Å²) in [7, 11) is 3.28. The van der Waals surface area contributed by atoms with E-state index in [4.69, 9.17) is 19.9 Å². The van der Waals surface area contributed by atoms with Crippen LogP contribution in [-0.4, -0.2) is 72.3 Å². The summed E-state index contributed by atoms with van der Waals surface area (Å²) in [5.41, 5.74) is 14.2. The second-order valence-corrected chi connectivity index (χ2v) is 14.7. The van der Waals surface area contributed by atoms with Crippen molar-refractivity contribution in [2.24, 2.45) is 0 Å². The highest BCUT2D eigenvalue weighted by Gasteiger charge is 2.20. The number of carbonyl (C=O) groups excluding carboxylic acids is 2. The van der Waals surface area contributed by atoms with E-state index in [1.807, 2.05) is 84.9 Å². The molecule has 0 spiro atoms. The number of nitrogens with one attached hydrogen (secondary N) is 1. The van der Waals surface area contributed by atoms with Gasteiger partial charge in [-0.25, -0.2) is 0 Å². The van der Waals surface area contributed by atoms with Gasteiger partial charge in [-0.3, -0.25) is 9.59 Å². The summed E-state index contributed by atoms with van der Waals surface area (Å²) in [6, 6.07) is 31.4. The summed E-state index contributed by atoms with van der Waals surface area (Å²) in [6.45, 7) is 20.5. The molecule has 0 bridgehead atoms. The summed E-state index contributed by atoms with van der Waals surface area (Å²) in [4.78, 5) is 22.8. The number of methoxy groups -OCH3 is 2. The van der Waals surface area contributed by atoms with Crippen molar-refractivity contribution in [1.82, 2.24) is 14.0 Å². The Kier molecular flexibility index (Phi) is 21.3. The van der Waals surface area contributed by atoms with Crippen LogP contribution in [0.1, 0.15) is 72.4 Å². The number of halogens is 1. The molecule has 6 aromatic rings. The van der Waals surface area contributed by atoms with Crippen LogP contribution in [0.3, 0.4) is 0 Å². The van der Waals surface area contributed by atoms with E-state index in [2.05, 4.69) is 77.7 Å². The first-order chi connectivity index (χ1) is 30.4. The van der Waals surface area contributed by atoms with Gasteiger partial charge in [-0.2, -0.15) is 10.5 Å². The van der Waals surface area contributed by atoms with Gasteiger partial charge in [-0.05, 0) is 118 Å². The fourth-order valence-corrected chi connectivity index (χ4v) is 7.13. The Morgan fingerprint density at radius 1 is 0.714 bits per heavy atom. The fourth-order valence-electron chi connectivity index (χ4n) is 7.13. The Balaban J connectivity index is 0.000000250. The topological polar surface area (TPSA) is 161 Å². The number of nitriles is 2. The first kappa shape index (κ1) is 51.0. The van der Waals surface area contributed by atoms with Gasteiger partial charge in [0.1, 0.15) is 23.6 Å². The zero-order valence-corrected chi connectivity index (χ0v) is 38.9. The van der Waals surface area contributed by atoms with E-state index in [1.165, 1.54) is 46.3 Å². The smallest absolute Gasteiger partial charge is 0.221 e. The largest absolute Gasteiger partial charge is 0.497 e. The summed E-state index contributed by atoms with van der Waals surface area (Å²) >= 11 is 4.64. The van der Waals surface area contributed by atoms with Gasteiger partial charge in [0.2, 0.25) is 11.1 Å². The minimum Gasteiger partial charge on any atom is -0.497 e. The zero-order chi connectivity index (χ0) is 46.5. The van der Waals surface area contributed by atoms with Gasteiger partial charge in [0.05, 0.1) is 47.8 Å². The van der Waals surface area contributed by atoms with Crippen molar-refractivity contribution >= 4 is 55.9 Å². The van der Waals surface area contributed by atoms with Crippen LogP contribution >= 0.6 is 11.6 Å². The predicted octanol–water partition coefficient (Wildman–Crippen LogP) is 10.9. The minimum atomic E-state index is -0.361. The highest BCUT2D eigenvalue weighted by molar-refractivity contribution is 6.62. The SMILES string of the molecule is C1CCOC1.CC(=O)Cl.CCN(CC)CC.CCn1c(-c2ccc(N)cc2)c(C#N)c2ccc(OC)cc21.CCn1c(-c2ccc(NC(C)=O)cc2)c(C#N)c2ccc(OC)cc21. The number of rotatable bonds is 10. The van der Waals surface area contributed by atoms with Crippen LogP contribution in [0.15, 0.2) is 84.9 Å². The van der Waals surface area contributed by atoms with Crippen molar-refractivity contribution in [3.8, 4) is 46.2 Å². The number of carbonyl (C=O) groups is 2. The van der Waals surface area contributed by atoms with E-state index in [0.717, 1.165) is 87.8 Å². The zero-order valence-electron chi connectivity index (χ0n) is 38.2. The van der Waals surface area contributed by atoms with Gasteiger partial charge in [-0.15, -0.1) is 0 Å². The second kappa shape index (κ2) is 26.2. The molecule has 3 heterocycles. The number of fused-ring (bicyclic) bond motifs is 2. The Bertz CT molecular complexity index is 2450. The van der Waals surface area contributed by atoms with Crippen LogP contribution in [0, 0.1) is 22.7 Å². The molecule has 0 saturated carbocycles. The van der Waals surface area contributed by atoms with Crippen LogP contribution in [0.25, 0.3) is 44.3 Å². The molecule has 4 aromatic carbocycles. The Labute approximate surface area is 377 Å². The molecule has 334 valence electrons. The van der Waals surface area contributed by atoms with Crippen molar-refractivity contribution < 1.29 is 23.8 Å². The van der Waals surface area contributed by atoms with Gasteiger partial charge >= 0.3 is 0 Å². The van der Waals surface area contributed by atoms with E-state index < -0.39 is 0 Å². The number of aromatic nitrogens is 2. The molecule has 1 fully saturated rings. The summed E-state index contributed by atoms with van der Waals surface area (Å²) in [6.07, 6.45) is 2.56. The molecule has 1 aliphatic rings. The Hall–Kier alpha value is -6.31. The molecule has 1 amide bonds. The van der Waals surface area contributed by atoms with E-state index >= 15 is 0 Å². The van der Waals surface area contributed by atoms with E-state index in [1.54, 1.807) is 14.2 Å². The predicted molar refractivity (Wildman–Crippen MR) is 257 cm³/mol. The number of aryl methyl sites for hydroxylation is 2. The number of nitrogen functional groups attached to an aromatic ring is 1. The average molecular weight is 877 g/mol. The number of ether oxygens (including phenoxy) is 3. The molecule has 12 nitrogen and oxygen atoms in total. The molecule has 1 saturated heterocycles. The van der Waals surface area contributed by atoms with Crippen LogP contribution in [0.4, 0.5) is 11.4 Å². The van der Waals surface area contributed by atoms with E-state index in [-0.39, 0.29) is 11.1 Å². The van der Waals surface area contributed by atoms with Crippen molar-refractivity contribution in [2.75, 3.05) is 58.1 Å². The number of amides is 1. The number of benzene rings is 4. The van der Waals surface area contributed by atoms with Crippen LogP contribution in [0.5, 0.6) is 11.5 Å². The molecule has 13 heteroatoms. The lowest BCUT2D eigenvalue weighted by atomic mass is 10.1. The molecule has 0 unspecified atom stereocenters. The minimum absolute atomic E-state index is 0.111. The summed E-state index contributed by atoms with van der Waals surface area (Å²) in [5, 5.41) is 23.6. The highest BCUT2D eigenvalue weighted by Crippen LogP contribution is 2.37. The maximum atomic E-state index is 11.2. The number of nitrogens with two attached hydrogens (primary N) is 1.